The van der Waals surface area contributed by atoms with E-state index in [1.54, 1.807) is 6.92 Å². The topological polar surface area (TPSA) is 26.3 Å². The van der Waals surface area contributed by atoms with Crippen LogP contribution in [0.15, 0.2) is 22.8 Å². The van der Waals surface area contributed by atoms with E-state index in [2.05, 4.69) is 61.5 Å². The molecule has 0 bridgehead atoms. The Morgan fingerprint density at radius 2 is 1.68 bits per heavy atom. The first-order valence-electron chi connectivity index (χ1n) is 14.3. The van der Waals surface area contributed by atoms with Gasteiger partial charge in [-0.1, -0.05) is 64.3 Å². The van der Waals surface area contributed by atoms with Gasteiger partial charge in [0, 0.05) is 12.3 Å². The zero-order valence-corrected chi connectivity index (χ0v) is 23.8. The molecule has 0 aromatic rings. The van der Waals surface area contributed by atoms with Gasteiger partial charge in [0.15, 0.2) is 0 Å². The van der Waals surface area contributed by atoms with Crippen LogP contribution < -0.4 is 0 Å². The van der Waals surface area contributed by atoms with Gasteiger partial charge >= 0.3 is 5.97 Å². The van der Waals surface area contributed by atoms with E-state index in [1.165, 1.54) is 63.4 Å². The Hall–Kier alpha value is -1.05. The number of allylic oxidation sites excluding steroid dienone is 4. The van der Waals surface area contributed by atoms with E-state index in [4.69, 9.17) is 4.74 Å². The van der Waals surface area contributed by atoms with Crippen molar-refractivity contribution in [3.63, 3.8) is 0 Å². The Morgan fingerprint density at radius 3 is 2.32 bits per heavy atom. The van der Waals surface area contributed by atoms with Crippen molar-refractivity contribution in [3.05, 3.63) is 22.8 Å². The van der Waals surface area contributed by atoms with Crippen molar-refractivity contribution in [2.75, 3.05) is 0 Å². The summed E-state index contributed by atoms with van der Waals surface area (Å²) < 4.78 is 5.87. The minimum Gasteiger partial charge on any atom is -0.462 e. The van der Waals surface area contributed by atoms with Crippen molar-refractivity contribution in [2.24, 2.45) is 39.4 Å². The monoisotopic (exact) mass is 468 g/mol. The molecule has 0 aliphatic heterocycles. The van der Waals surface area contributed by atoms with Crippen molar-refractivity contribution in [1.29, 1.82) is 0 Å². The Bertz CT molecular complexity index is 873. The van der Waals surface area contributed by atoms with Gasteiger partial charge in [-0.15, -0.1) is 0 Å². The molecule has 7 atom stereocenters. The number of hydrogen-bond acceptors (Lipinski definition) is 2. The Balaban J connectivity index is 1.63. The quantitative estimate of drug-likeness (QED) is 0.297. The molecular formula is C32H52O2. The van der Waals surface area contributed by atoms with Crippen molar-refractivity contribution in [2.45, 2.75) is 133 Å². The highest BCUT2D eigenvalue weighted by Crippen LogP contribution is 2.72. The van der Waals surface area contributed by atoms with Crippen LogP contribution in [0.1, 0.15) is 127 Å². The molecule has 0 aromatic carbocycles. The minimum atomic E-state index is -0.117. The molecule has 0 spiro atoms. The summed E-state index contributed by atoms with van der Waals surface area (Å²) in [6.45, 7) is 21.2. The third-order valence-corrected chi connectivity index (χ3v) is 11.9. The second-order valence-corrected chi connectivity index (χ2v) is 14.2. The first-order chi connectivity index (χ1) is 15.8. The van der Waals surface area contributed by atoms with Crippen LogP contribution in [0.4, 0.5) is 0 Å². The highest BCUT2D eigenvalue weighted by Gasteiger charge is 2.63. The Morgan fingerprint density at radius 1 is 0.971 bits per heavy atom. The number of ether oxygens (including phenoxy) is 1. The molecule has 4 aliphatic rings. The molecule has 2 fully saturated rings. The largest absolute Gasteiger partial charge is 0.462 e. The van der Waals surface area contributed by atoms with Crippen LogP contribution in [0.3, 0.4) is 0 Å². The lowest BCUT2D eigenvalue weighted by molar-refractivity contribution is -0.167. The second kappa shape index (κ2) is 8.81. The molecule has 34 heavy (non-hydrogen) atoms. The molecular weight excluding hydrogens is 416 g/mol. The molecule has 0 N–H and O–H groups in total. The molecule has 0 heterocycles. The van der Waals surface area contributed by atoms with Gasteiger partial charge < -0.3 is 4.74 Å². The second-order valence-electron chi connectivity index (χ2n) is 14.2. The van der Waals surface area contributed by atoms with E-state index < -0.39 is 0 Å². The van der Waals surface area contributed by atoms with Gasteiger partial charge in [-0.25, -0.2) is 0 Å². The molecule has 2 heteroatoms. The first-order valence-corrected chi connectivity index (χ1v) is 14.3. The molecule has 0 amide bonds. The van der Waals surface area contributed by atoms with Gasteiger partial charge in [-0.05, 0) is 112 Å². The van der Waals surface area contributed by atoms with E-state index in [0.717, 1.165) is 18.3 Å². The van der Waals surface area contributed by atoms with Crippen LogP contribution in [0, 0.1) is 39.4 Å². The molecule has 4 rings (SSSR count). The predicted molar refractivity (Wildman–Crippen MR) is 142 cm³/mol. The van der Waals surface area contributed by atoms with Gasteiger partial charge in [0.1, 0.15) is 6.10 Å². The lowest BCUT2D eigenvalue weighted by atomic mass is 9.43. The maximum atomic E-state index is 11.8. The highest BCUT2D eigenvalue weighted by molar-refractivity contribution is 5.66. The smallest absolute Gasteiger partial charge is 0.302 e. The summed E-state index contributed by atoms with van der Waals surface area (Å²) in [7, 11) is 0. The summed E-state index contributed by atoms with van der Waals surface area (Å²) in [5.74, 6) is 2.13. The zero-order valence-electron chi connectivity index (χ0n) is 23.8. The van der Waals surface area contributed by atoms with Gasteiger partial charge in [-0.3, -0.25) is 4.79 Å². The lowest BCUT2D eigenvalue weighted by Crippen LogP contribution is -2.55. The molecule has 2 nitrogen and oxygen atoms in total. The highest BCUT2D eigenvalue weighted by atomic mass is 16.5. The maximum absolute atomic E-state index is 11.8. The lowest BCUT2D eigenvalue weighted by Gasteiger charge is -2.62. The third-order valence-electron chi connectivity index (χ3n) is 11.9. The van der Waals surface area contributed by atoms with Crippen LogP contribution in [-0.2, 0) is 9.53 Å². The molecule has 0 saturated heterocycles. The van der Waals surface area contributed by atoms with E-state index >= 15 is 0 Å². The van der Waals surface area contributed by atoms with Crippen molar-refractivity contribution in [3.8, 4) is 0 Å². The summed E-state index contributed by atoms with van der Waals surface area (Å²) in [5, 5.41) is 0. The van der Waals surface area contributed by atoms with Crippen LogP contribution >= 0.6 is 0 Å². The fraction of sp³-hybridized carbons (Fsp3) is 0.844. The summed E-state index contributed by atoms with van der Waals surface area (Å²) >= 11 is 0. The van der Waals surface area contributed by atoms with Crippen LogP contribution in [0.2, 0.25) is 0 Å². The van der Waals surface area contributed by atoms with E-state index in [1.807, 2.05) is 11.1 Å². The van der Waals surface area contributed by atoms with Crippen LogP contribution in [-0.4, -0.2) is 12.1 Å². The van der Waals surface area contributed by atoms with E-state index in [-0.39, 0.29) is 22.9 Å². The number of carbonyl (C=O) groups is 1. The van der Waals surface area contributed by atoms with Crippen LogP contribution in [0.25, 0.3) is 0 Å². The number of fused-ring (bicyclic) bond motifs is 4. The number of esters is 1. The summed E-state index contributed by atoms with van der Waals surface area (Å²) in [6, 6.07) is 0. The van der Waals surface area contributed by atoms with Gasteiger partial charge in [0.05, 0.1) is 0 Å². The minimum absolute atomic E-state index is 0.0382. The Kier molecular flexibility index (Phi) is 6.74. The van der Waals surface area contributed by atoms with Crippen molar-refractivity contribution < 1.29 is 9.53 Å². The Labute approximate surface area is 210 Å². The molecule has 0 unspecified atom stereocenters. The van der Waals surface area contributed by atoms with E-state index in [9.17, 15) is 4.79 Å². The van der Waals surface area contributed by atoms with Crippen molar-refractivity contribution in [1.82, 2.24) is 0 Å². The zero-order chi connectivity index (χ0) is 25.1. The molecule has 2 saturated carbocycles. The van der Waals surface area contributed by atoms with Crippen molar-refractivity contribution >= 4 is 5.97 Å². The predicted octanol–water partition coefficient (Wildman–Crippen LogP) is 9.05. The van der Waals surface area contributed by atoms with Crippen LogP contribution in [0.5, 0.6) is 0 Å². The SMILES string of the molecule is CC(=O)O[C@@H]1CC[C@]2(C)C3=C(CC[C@@H]2C1(C)C)[C@]1(C)CC[C@H]([C@@H](C)CCC=C(C)C)[C@]1(C)CC3. The molecule has 192 valence electrons. The van der Waals surface area contributed by atoms with Gasteiger partial charge in [0.2, 0.25) is 0 Å². The number of rotatable bonds is 5. The average Bonchev–Trinajstić information content (AvgIpc) is 3.01. The number of hydrogen-bond donors (Lipinski definition) is 0. The summed E-state index contributed by atoms with van der Waals surface area (Å²) in [5.41, 5.74) is 6.25. The summed E-state index contributed by atoms with van der Waals surface area (Å²) in [4.78, 5) is 11.8. The summed E-state index contributed by atoms with van der Waals surface area (Å²) in [6.07, 6.45) is 15.2. The fourth-order valence-corrected chi connectivity index (χ4v) is 9.86. The third kappa shape index (κ3) is 3.85. The first kappa shape index (κ1) is 26.0. The number of carbonyl (C=O) groups excluding carboxylic acids is 1. The van der Waals surface area contributed by atoms with Gasteiger partial charge in [0.25, 0.3) is 0 Å². The standard InChI is InChI=1S/C32H52O2/c1-21(2)11-10-12-22(3)24-15-19-32(9)26-13-14-27-29(5,6)28(34-23(4)33)17-18-30(27,7)25(26)16-20-31(24,32)8/h11,22,24,27-28H,10,12-20H2,1-9H3/t22-,24+,27+,28+,30+,31-,32-/m0/s1. The molecule has 4 aliphatic carbocycles. The molecule has 0 aromatic heterocycles. The molecule has 0 radical (unpaired) electrons. The van der Waals surface area contributed by atoms with Gasteiger partial charge in [-0.2, -0.15) is 0 Å². The average molecular weight is 469 g/mol. The van der Waals surface area contributed by atoms with E-state index in [0.29, 0.717) is 16.7 Å². The normalized spacial score (nSPS) is 41.7. The maximum Gasteiger partial charge on any atom is 0.302 e. The fourth-order valence-electron chi connectivity index (χ4n) is 9.86.